The molecule has 2 N–H and O–H groups in total. The lowest BCUT2D eigenvalue weighted by molar-refractivity contribution is -0.143. The average molecular weight is 273 g/mol. The highest BCUT2D eigenvalue weighted by atomic mass is 16.5. The van der Waals surface area contributed by atoms with Crippen LogP contribution in [0.3, 0.4) is 0 Å². The Morgan fingerprint density at radius 2 is 2.26 bits per heavy atom. The summed E-state index contributed by atoms with van der Waals surface area (Å²) in [6.07, 6.45) is 2.31. The second-order valence-electron chi connectivity index (χ2n) is 4.75. The molecule has 0 aromatic heterocycles. The van der Waals surface area contributed by atoms with E-state index in [0.29, 0.717) is 32.5 Å². The molecule has 6 nitrogen and oxygen atoms in total. The van der Waals surface area contributed by atoms with E-state index in [9.17, 15) is 9.59 Å². The molecule has 1 rings (SSSR count). The largest absolute Gasteiger partial charge is 0.480 e. The lowest BCUT2D eigenvalue weighted by Gasteiger charge is -2.20. The maximum absolute atomic E-state index is 12.1. The van der Waals surface area contributed by atoms with Crippen LogP contribution in [0, 0.1) is 5.92 Å². The first-order valence-corrected chi connectivity index (χ1v) is 6.73. The number of hydrogen-bond acceptors (Lipinski definition) is 4. The van der Waals surface area contributed by atoms with E-state index in [4.69, 9.17) is 14.6 Å². The van der Waals surface area contributed by atoms with Gasteiger partial charge < -0.3 is 19.9 Å². The molecule has 1 fully saturated rings. The van der Waals surface area contributed by atoms with E-state index >= 15 is 0 Å². The van der Waals surface area contributed by atoms with E-state index < -0.39 is 12.0 Å². The molecule has 0 spiro atoms. The van der Waals surface area contributed by atoms with Gasteiger partial charge in [0.2, 0.25) is 5.91 Å². The number of methoxy groups -OCH3 is 1. The molecule has 3 atom stereocenters. The van der Waals surface area contributed by atoms with Gasteiger partial charge in [0.25, 0.3) is 0 Å². The molecule has 6 heteroatoms. The first-order valence-electron chi connectivity index (χ1n) is 6.73. The van der Waals surface area contributed by atoms with Crippen molar-refractivity contribution < 1.29 is 24.2 Å². The number of rotatable bonds is 8. The lowest BCUT2D eigenvalue weighted by atomic mass is 9.98. The van der Waals surface area contributed by atoms with Gasteiger partial charge in [-0.05, 0) is 25.7 Å². The van der Waals surface area contributed by atoms with Crippen LogP contribution in [0.4, 0.5) is 0 Å². The third-order valence-electron chi connectivity index (χ3n) is 3.40. The predicted molar refractivity (Wildman–Crippen MR) is 68.8 cm³/mol. The molecule has 1 aliphatic heterocycles. The third kappa shape index (κ3) is 4.80. The number of nitrogens with one attached hydrogen (secondary N) is 1. The molecular formula is C13H23NO5. The van der Waals surface area contributed by atoms with Crippen molar-refractivity contribution in [1.82, 2.24) is 5.32 Å². The van der Waals surface area contributed by atoms with Crippen molar-refractivity contribution in [3.05, 3.63) is 0 Å². The summed E-state index contributed by atoms with van der Waals surface area (Å²) in [4.78, 5) is 23.2. The quantitative estimate of drug-likeness (QED) is 0.639. The summed E-state index contributed by atoms with van der Waals surface area (Å²) in [6, 6.07) is -0.847. The number of ether oxygens (including phenoxy) is 2. The van der Waals surface area contributed by atoms with Crippen LogP contribution in [0.2, 0.25) is 0 Å². The summed E-state index contributed by atoms with van der Waals surface area (Å²) in [7, 11) is 1.57. The van der Waals surface area contributed by atoms with Crippen molar-refractivity contribution in [3.8, 4) is 0 Å². The molecule has 1 aliphatic rings. The molecular weight excluding hydrogens is 250 g/mol. The number of carbonyl (C=O) groups excluding carboxylic acids is 1. The fraction of sp³-hybridized carbons (Fsp3) is 0.846. The summed E-state index contributed by atoms with van der Waals surface area (Å²) >= 11 is 0. The van der Waals surface area contributed by atoms with Crippen molar-refractivity contribution in [2.75, 3.05) is 20.3 Å². The summed E-state index contributed by atoms with van der Waals surface area (Å²) in [5, 5.41) is 11.7. The van der Waals surface area contributed by atoms with Crippen molar-refractivity contribution >= 4 is 11.9 Å². The smallest absolute Gasteiger partial charge is 0.326 e. The molecule has 19 heavy (non-hydrogen) atoms. The summed E-state index contributed by atoms with van der Waals surface area (Å²) in [5.74, 6) is -1.44. The molecule has 1 saturated heterocycles. The highest BCUT2D eigenvalue weighted by Gasteiger charge is 2.34. The zero-order valence-electron chi connectivity index (χ0n) is 11.6. The van der Waals surface area contributed by atoms with Gasteiger partial charge >= 0.3 is 5.97 Å². The lowest BCUT2D eigenvalue weighted by Crippen LogP contribution is -2.45. The second kappa shape index (κ2) is 8.12. The molecule has 0 aromatic rings. The van der Waals surface area contributed by atoms with Crippen molar-refractivity contribution in [3.63, 3.8) is 0 Å². The molecule has 0 radical (unpaired) electrons. The van der Waals surface area contributed by atoms with Gasteiger partial charge in [0.05, 0.1) is 12.0 Å². The highest BCUT2D eigenvalue weighted by molar-refractivity contribution is 5.85. The highest BCUT2D eigenvalue weighted by Crippen LogP contribution is 2.23. The van der Waals surface area contributed by atoms with Gasteiger partial charge in [0, 0.05) is 20.3 Å². The topological polar surface area (TPSA) is 84.9 Å². The summed E-state index contributed by atoms with van der Waals surface area (Å²) in [6.45, 7) is 3.02. The number of carboxylic acids is 1. The number of aliphatic carboxylic acids is 1. The second-order valence-corrected chi connectivity index (χ2v) is 4.75. The zero-order chi connectivity index (χ0) is 14.3. The fourth-order valence-electron chi connectivity index (χ4n) is 2.32. The first-order chi connectivity index (χ1) is 9.10. The molecule has 0 bridgehead atoms. The SMILES string of the molecule is CCC1OCCC1C(=O)NC(CCCOC)C(=O)O. The Kier molecular flexibility index (Phi) is 6.80. The number of hydrogen-bond donors (Lipinski definition) is 2. The van der Waals surface area contributed by atoms with Crippen LogP contribution in [0.15, 0.2) is 0 Å². The van der Waals surface area contributed by atoms with Crippen molar-refractivity contribution in [1.29, 1.82) is 0 Å². The minimum atomic E-state index is -1.00. The number of carboxylic acid groups (broad SMARTS) is 1. The van der Waals surface area contributed by atoms with Crippen LogP contribution in [0.1, 0.15) is 32.6 Å². The maximum atomic E-state index is 12.1. The van der Waals surface area contributed by atoms with Crippen LogP contribution in [0.25, 0.3) is 0 Å². The van der Waals surface area contributed by atoms with E-state index in [-0.39, 0.29) is 17.9 Å². The Bertz CT molecular complexity index is 307. The van der Waals surface area contributed by atoms with Crippen molar-refractivity contribution in [2.45, 2.75) is 44.8 Å². The number of amides is 1. The van der Waals surface area contributed by atoms with Gasteiger partial charge in [-0.3, -0.25) is 4.79 Å². The summed E-state index contributed by atoms with van der Waals surface area (Å²) < 4.78 is 10.3. The van der Waals surface area contributed by atoms with Crippen LogP contribution >= 0.6 is 0 Å². The standard InChI is InChI=1S/C13H23NO5/c1-3-11-9(6-8-19-11)12(15)14-10(13(16)17)5-4-7-18-2/h9-11H,3-8H2,1-2H3,(H,14,15)(H,16,17). The van der Waals surface area contributed by atoms with Crippen LogP contribution in [-0.4, -0.2) is 49.5 Å². The Morgan fingerprint density at radius 3 is 2.84 bits per heavy atom. The predicted octanol–water partition coefficient (Wildman–Crippen LogP) is 0.798. The average Bonchev–Trinajstić information content (AvgIpc) is 2.85. The minimum absolute atomic E-state index is 0.0894. The van der Waals surface area contributed by atoms with E-state index in [1.807, 2.05) is 6.92 Å². The summed E-state index contributed by atoms with van der Waals surface area (Å²) in [5.41, 5.74) is 0. The van der Waals surface area contributed by atoms with Gasteiger partial charge in [-0.1, -0.05) is 6.92 Å². The van der Waals surface area contributed by atoms with E-state index in [1.165, 1.54) is 0 Å². The Morgan fingerprint density at radius 1 is 1.53 bits per heavy atom. The Hall–Kier alpha value is -1.14. The Balaban J connectivity index is 2.48. The molecule has 3 unspecified atom stereocenters. The van der Waals surface area contributed by atoms with Gasteiger partial charge in [0.15, 0.2) is 0 Å². The monoisotopic (exact) mass is 273 g/mol. The van der Waals surface area contributed by atoms with Gasteiger partial charge in [-0.25, -0.2) is 4.79 Å². The normalized spacial score (nSPS) is 24.1. The minimum Gasteiger partial charge on any atom is -0.480 e. The maximum Gasteiger partial charge on any atom is 0.326 e. The van der Waals surface area contributed by atoms with Crippen molar-refractivity contribution in [2.24, 2.45) is 5.92 Å². The molecule has 1 heterocycles. The fourth-order valence-corrected chi connectivity index (χ4v) is 2.32. The molecule has 0 saturated carbocycles. The van der Waals surface area contributed by atoms with Gasteiger partial charge in [0.1, 0.15) is 6.04 Å². The van der Waals surface area contributed by atoms with E-state index in [0.717, 1.165) is 6.42 Å². The molecule has 0 aromatic carbocycles. The van der Waals surface area contributed by atoms with E-state index in [1.54, 1.807) is 7.11 Å². The third-order valence-corrected chi connectivity index (χ3v) is 3.40. The van der Waals surface area contributed by atoms with Gasteiger partial charge in [-0.2, -0.15) is 0 Å². The van der Waals surface area contributed by atoms with E-state index in [2.05, 4.69) is 5.32 Å². The molecule has 1 amide bonds. The Labute approximate surface area is 113 Å². The van der Waals surface area contributed by atoms with Crippen LogP contribution < -0.4 is 5.32 Å². The first kappa shape index (κ1) is 15.9. The zero-order valence-corrected chi connectivity index (χ0v) is 11.6. The van der Waals surface area contributed by atoms with Gasteiger partial charge in [-0.15, -0.1) is 0 Å². The number of carbonyl (C=O) groups is 2. The molecule has 110 valence electrons. The van der Waals surface area contributed by atoms with Crippen LogP contribution in [-0.2, 0) is 19.1 Å². The van der Waals surface area contributed by atoms with Crippen LogP contribution in [0.5, 0.6) is 0 Å². The molecule has 0 aliphatic carbocycles.